The SMILES string of the molecule is CCN1CCC(NCc2c(C)cccc2C)CC1. The van der Waals surface area contributed by atoms with Crippen LogP contribution in [0.5, 0.6) is 0 Å². The van der Waals surface area contributed by atoms with Gasteiger partial charge in [-0.3, -0.25) is 0 Å². The Balaban J connectivity index is 1.85. The molecular weight excluding hydrogens is 220 g/mol. The first-order valence-electron chi connectivity index (χ1n) is 7.21. The van der Waals surface area contributed by atoms with Crippen LogP contribution in [0, 0.1) is 13.8 Å². The quantitative estimate of drug-likeness (QED) is 0.879. The zero-order valence-corrected chi connectivity index (χ0v) is 12.0. The molecule has 1 N–H and O–H groups in total. The predicted octanol–water partition coefficient (Wildman–Crippen LogP) is 2.88. The fourth-order valence-electron chi connectivity index (χ4n) is 2.83. The fraction of sp³-hybridized carbons (Fsp3) is 0.625. The Hall–Kier alpha value is -0.860. The zero-order chi connectivity index (χ0) is 13.0. The molecule has 0 atom stereocenters. The summed E-state index contributed by atoms with van der Waals surface area (Å²) in [6, 6.07) is 7.27. The van der Waals surface area contributed by atoms with Gasteiger partial charge in [-0.25, -0.2) is 0 Å². The summed E-state index contributed by atoms with van der Waals surface area (Å²) in [5, 5.41) is 3.74. The Morgan fingerprint density at radius 2 is 1.78 bits per heavy atom. The average molecular weight is 246 g/mol. The normalized spacial score (nSPS) is 18.2. The van der Waals surface area contributed by atoms with Crippen LogP contribution in [0.1, 0.15) is 36.5 Å². The smallest absolute Gasteiger partial charge is 0.0213 e. The summed E-state index contributed by atoms with van der Waals surface area (Å²) in [5.74, 6) is 0. The van der Waals surface area contributed by atoms with Crippen molar-refractivity contribution < 1.29 is 0 Å². The fourth-order valence-corrected chi connectivity index (χ4v) is 2.83. The van der Waals surface area contributed by atoms with Crippen LogP contribution in [0.2, 0.25) is 0 Å². The van der Waals surface area contributed by atoms with E-state index >= 15 is 0 Å². The molecule has 2 nitrogen and oxygen atoms in total. The first-order valence-corrected chi connectivity index (χ1v) is 7.21. The van der Waals surface area contributed by atoms with Crippen LogP contribution in [-0.4, -0.2) is 30.6 Å². The van der Waals surface area contributed by atoms with Crippen LogP contribution in [0.4, 0.5) is 0 Å². The van der Waals surface area contributed by atoms with E-state index in [0.29, 0.717) is 6.04 Å². The maximum absolute atomic E-state index is 3.74. The molecule has 1 fully saturated rings. The van der Waals surface area contributed by atoms with Crippen molar-refractivity contribution in [2.45, 2.75) is 46.2 Å². The van der Waals surface area contributed by atoms with E-state index in [0.717, 1.165) is 6.54 Å². The first kappa shape index (κ1) is 13.6. The third-order valence-corrected chi connectivity index (χ3v) is 4.25. The van der Waals surface area contributed by atoms with Crippen LogP contribution in [0.25, 0.3) is 0 Å². The van der Waals surface area contributed by atoms with Crippen LogP contribution in [0.3, 0.4) is 0 Å². The Bertz CT molecular complexity index is 358. The van der Waals surface area contributed by atoms with Crippen molar-refractivity contribution >= 4 is 0 Å². The highest BCUT2D eigenvalue weighted by Gasteiger charge is 2.17. The number of rotatable bonds is 4. The van der Waals surface area contributed by atoms with Gasteiger partial charge in [0, 0.05) is 12.6 Å². The van der Waals surface area contributed by atoms with Crippen LogP contribution in [0.15, 0.2) is 18.2 Å². The molecule has 0 spiro atoms. The molecule has 1 aliphatic heterocycles. The van der Waals surface area contributed by atoms with Crippen LogP contribution < -0.4 is 5.32 Å². The topological polar surface area (TPSA) is 15.3 Å². The van der Waals surface area contributed by atoms with Gasteiger partial charge in [0.05, 0.1) is 0 Å². The monoisotopic (exact) mass is 246 g/mol. The summed E-state index contributed by atoms with van der Waals surface area (Å²) in [7, 11) is 0. The van der Waals surface area contributed by atoms with E-state index in [1.165, 1.54) is 49.2 Å². The standard InChI is InChI=1S/C16H26N2/c1-4-18-10-8-15(9-11-18)17-12-16-13(2)6-5-7-14(16)3/h5-7,15,17H,4,8-12H2,1-3H3. The van der Waals surface area contributed by atoms with Crippen molar-refractivity contribution in [3.8, 4) is 0 Å². The minimum Gasteiger partial charge on any atom is -0.310 e. The van der Waals surface area contributed by atoms with Crippen molar-refractivity contribution in [3.63, 3.8) is 0 Å². The Morgan fingerprint density at radius 1 is 1.17 bits per heavy atom. The highest BCUT2D eigenvalue weighted by Crippen LogP contribution is 2.15. The van der Waals surface area contributed by atoms with E-state index in [4.69, 9.17) is 0 Å². The van der Waals surface area contributed by atoms with Crippen LogP contribution in [-0.2, 0) is 6.54 Å². The third kappa shape index (κ3) is 3.33. The molecule has 2 heteroatoms. The van der Waals surface area contributed by atoms with Crippen LogP contribution >= 0.6 is 0 Å². The maximum atomic E-state index is 3.74. The lowest BCUT2D eigenvalue weighted by atomic mass is 10.0. The summed E-state index contributed by atoms with van der Waals surface area (Å²) in [6.45, 7) is 11.4. The molecule has 0 unspecified atom stereocenters. The Labute approximate surface area is 111 Å². The highest BCUT2D eigenvalue weighted by molar-refractivity contribution is 5.33. The molecule has 18 heavy (non-hydrogen) atoms. The molecule has 0 bridgehead atoms. The number of aryl methyl sites for hydroxylation is 2. The van der Waals surface area contributed by atoms with Gasteiger partial charge in [0.2, 0.25) is 0 Å². The molecule has 0 aromatic heterocycles. The summed E-state index contributed by atoms with van der Waals surface area (Å²) >= 11 is 0. The summed E-state index contributed by atoms with van der Waals surface area (Å²) in [6.07, 6.45) is 2.58. The van der Waals surface area contributed by atoms with Crippen molar-refractivity contribution in [1.82, 2.24) is 10.2 Å². The minimum atomic E-state index is 0.701. The minimum absolute atomic E-state index is 0.701. The first-order chi connectivity index (χ1) is 8.70. The summed E-state index contributed by atoms with van der Waals surface area (Å²) < 4.78 is 0. The van der Waals surface area contributed by atoms with Gasteiger partial charge in [-0.2, -0.15) is 0 Å². The highest BCUT2D eigenvalue weighted by atomic mass is 15.1. The van der Waals surface area contributed by atoms with Crippen molar-refractivity contribution in [1.29, 1.82) is 0 Å². The lowest BCUT2D eigenvalue weighted by Gasteiger charge is -2.31. The molecule has 100 valence electrons. The molecule has 0 radical (unpaired) electrons. The summed E-state index contributed by atoms with van der Waals surface area (Å²) in [4.78, 5) is 2.54. The van der Waals surface area contributed by atoms with Gasteiger partial charge in [0.1, 0.15) is 0 Å². The van der Waals surface area contributed by atoms with Gasteiger partial charge in [-0.1, -0.05) is 25.1 Å². The molecule has 0 saturated carbocycles. The maximum Gasteiger partial charge on any atom is 0.0213 e. The van der Waals surface area contributed by atoms with Gasteiger partial charge in [-0.15, -0.1) is 0 Å². The van der Waals surface area contributed by atoms with E-state index in [2.05, 4.69) is 49.2 Å². The summed E-state index contributed by atoms with van der Waals surface area (Å²) in [5.41, 5.74) is 4.30. The number of likely N-dealkylation sites (tertiary alicyclic amines) is 1. The van der Waals surface area contributed by atoms with Gasteiger partial charge in [0.25, 0.3) is 0 Å². The van der Waals surface area contributed by atoms with Gasteiger partial charge < -0.3 is 10.2 Å². The molecular formula is C16H26N2. The van der Waals surface area contributed by atoms with Gasteiger partial charge in [-0.05, 0) is 63.0 Å². The number of hydrogen-bond donors (Lipinski definition) is 1. The predicted molar refractivity (Wildman–Crippen MR) is 77.9 cm³/mol. The lowest BCUT2D eigenvalue weighted by Crippen LogP contribution is -2.42. The molecule has 1 aromatic rings. The van der Waals surface area contributed by atoms with E-state index in [1.54, 1.807) is 0 Å². The van der Waals surface area contributed by atoms with Gasteiger partial charge in [0.15, 0.2) is 0 Å². The Kier molecular flexibility index (Phi) is 4.79. The van der Waals surface area contributed by atoms with E-state index < -0.39 is 0 Å². The molecule has 1 aliphatic rings. The largest absolute Gasteiger partial charge is 0.310 e. The third-order valence-electron chi connectivity index (χ3n) is 4.25. The molecule has 1 heterocycles. The van der Waals surface area contributed by atoms with E-state index in [1.807, 2.05) is 0 Å². The molecule has 1 aromatic carbocycles. The van der Waals surface area contributed by atoms with Crippen molar-refractivity contribution in [2.75, 3.05) is 19.6 Å². The molecule has 0 aliphatic carbocycles. The van der Waals surface area contributed by atoms with E-state index in [9.17, 15) is 0 Å². The van der Waals surface area contributed by atoms with Crippen molar-refractivity contribution in [3.05, 3.63) is 34.9 Å². The molecule has 2 rings (SSSR count). The average Bonchev–Trinajstić information content (AvgIpc) is 2.39. The molecule has 0 amide bonds. The number of hydrogen-bond acceptors (Lipinski definition) is 2. The second-order valence-corrected chi connectivity index (χ2v) is 5.46. The lowest BCUT2D eigenvalue weighted by molar-refractivity contribution is 0.206. The molecule has 1 saturated heterocycles. The zero-order valence-electron chi connectivity index (χ0n) is 12.0. The second kappa shape index (κ2) is 6.35. The van der Waals surface area contributed by atoms with Crippen molar-refractivity contribution in [2.24, 2.45) is 0 Å². The number of nitrogens with zero attached hydrogens (tertiary/aromatic N) is 1. The Morgan fingerprint density at radius 3 is 2.33 bits per heavy atom. The van der Waals surface area contributed by atoms with E-state index in [-0.39, 0.29) is 0 Å². The second-order valence-electron chi connectivity index (χ2n) is 5.46. The number of piperidine rings is 1. The number of nitrogens with one attached hydrogen (secondary N) is 1. The number of benzene rings is 1. The van der Waals surface area contributed by atoms with Gasteiger partial charge >= 0.3 is 0 Å².